The van der Waals surface area contributed by atoms with Crippen LogP contribution in [0.5, 0.6) is 0 Å². The van der Waals surface area contributed by atoms with E-state index in [1.807, 2.05) is 0 Å². The molecule has 1 aromatic rings. The summed E-state index contributed by atoms with van der Waals surface area (Å²) in [5.41, 5.74) is 6.62. The summed E-state index contributed by atoms with van der Waals surface area (Å²) in [7, 11) is 1.44. The van der Waals surface area contributed by atoms with E-state index in [9.17, 15) is 14.4 Å². The van der Waals surface area contributed by atoms with Crippen molar-refractivity contribution in [2.24, 2.45) is 5.73 Å². The van der Waals surface area contributed by atoms with Crippen LogP contribution in [-0.2, 0) is 20.7 Å². The van der Waals surface area contributed by atoms with Gasteiger partial charge in [0.15, 0.2) is 0 Å². The second-order valence-corrected chi connectivity index (χ2v) is 4.30. The lowest BCUT2D eigenvalue weighted by Crippen LogP contribution is -2.26. The van der Waals surface area contributed by atoms with Gasteiger partial charge in [-0.05, 0) is 12.5 Å². The molecule has 98 valence electrons. The van der Waals surface area contributed by atoms with Crippen molar-refractivity contribution in [1.29, 1.82) is 0 Å². The van der Waals surface area contributed by atoms with Gasteiger partial charge in [0.05, 0.1) is 13.5 Å². The Balaban J connectivity index is 2.72. The first-order valence-electron chi connectivity index (χ1n) is 5.71. The number of hydrogen-bond acceptors (Lipinski definition) is 4. The second-order valence-electron chi connectivity index (χ2n) is 4.30. The van der Waals surface area contributed by atoms with E-state index in [0.717, 1.165) is 0 Å². The van der Waals surface area contributed by atoms with Gasteiger partial charge in [-0.1, -0.05) is 18.2 Å². The first-order chi connectivity index (χ1) is 8.97. The van der Waals surface area contributed by atoms with Crippen LogP contribution in [0.25, 0.3) is 5.76 Å². The SMILES string of the molecule is COC1=C(C)C(=O)C(=O)c2c(CC(N)=O)cccc21. The zero-order chi connectivity index (χ0) is 14.2. The molecule has 0 bridgehead atoms. The van der Waals surface area contributed by atoms with Crippen molar-refractivity contribution in [1.82, 2.24) is 0 Å². The molecule has 0 aromatic heterocycles. The molecule has 0 unspecified atom stereocenters. The molecule has 1 aromatic carbocycles. The van der Waals surface area contributed by atoms with E-state index in [4.69, 9.17) is 10.5 Å². The molecule has 0 heterocycles. The fourth-order valence-electron chi connectivity index (χ4n) is 2.24. The van der Waals surface area contributed by atoms with Crippen LogP contribution in [0, 0.1) is 0 Å². The summed E-state index contributed by atoms with van der Waals surface area (Å²) in [4.78, 5) is 35.0. The molecule has 0 atom stereocenters. The quantitative estimate of drug-likeness (QED) is 0.815. The van der Waals surface area contributed by atoms with Gasteiger partial charge in [0.2, 0.25) is 17.5 Å². The Morgan fingerprint density at radius 1 is 1.26 bits per heavy atom. The molecule has 0 saturated carbocycles. The standard InChI is InChI=1S/C14H13NO4/c1-7-12(17)13(18)11-8(6-10(15)16)4-3-5-9(11)14(7)19-2/h3-5H,6H2,1-2H3,(H2,15,16). The van der Waals surface area contributed by atoms with Gasteiger partial charge in [0, 0.05) is 16.7 Å². The number of benzene rings is 1. The number of nitrogens with two attached hydrogens (primary N) is 1. The van der Waals surface area contributed by atoms with E-state index in [2.05, 4.69) is 0 Å². The van der Waals surface area contributed by atoms with Crippen LogP contribution in [0.15, 0.2) is 23.8 Å². The number of fused-ring (bicyclic) bond motifs is 1. The number of carbonyl (C=O) groups excluding carboxylic acids is 3. The van der Waals surface area contributed by atoms with E-state index in [1.165, 1.54) is 7.11 Å². The molecule has 2 rings (SSSR count). The zero-order valence-corrected chi connectivity index (χ0v) is 10.6. The highest BCUT2D eigenvalue weighted by atomic mass is 16.5. The minimum Gasteiger partial charge on any atom is -0.496 e. The molecule has 19 heavy (non-hydrogen) atoms. The van der Waals surface area contributed by atoms with Crippen molar-refractivity contribution in [2.45, 2.75) is 13.3 Å². The van der Waals surface area contributed by atoms with Gasteiger partial charge < -0.3 is 10.5 Å². The molecule has 0 fully saturated rings. The maximum absolute atomic E-state index is 12.1. The molecule has 5 heteroatoms. The largest absolute Gasteiger partial charge is 0.496 e. The smallest absolute Gasteiger partial charge is 0.234 e. The van der Waals surface area contributed by atoms with E-state index in [0.29, 0.717) is 16.9 Å². The highest BCUT2D eigenvalue weighted by molar-refractivity contribution is 6.52. The first kappa shape index (κ1) is 13.0. The topological polar surface area (TPSA) is 86.5 Å². The van der Waals surface area contributed by atoms with E-state index < -0.39 is 17.5 Å². The van der Waals surface area contributed by atoms with Gasteiger partial charge in [0.25, 0.3) is 0 Å². The zero-order valence-electron chi connectivity index (χ0n) is 10.6. The van der Waals surface area contributed by atoms with Gasteiger partial charge in [0.1, 0.15) is 5.76 Å². The molecule has 1 amide bonds. The Bertz CT molecular complexity index is 628. The number of methoxy groups -OCH3 is 1. The number of rotatable bonds is 3. The lowest BCUT2D eigenvalue weighted by molar-refractivity contribution is -0.117. The Hall–Kier alpha value is -2.43. The van der Waals surface area contributed by atoms with Crippen molar-refractivity contribution in [3.05, 3.63) is 40.5 Å². The van der Waals surface area contributed by atoms with Gasteiger partial charge in [-0.25, -0.2) is 0 Å². The molecular weight excluding hydrogens is 246 g/mol. The van der Waals surface area contributed by atoms with Crippen molar-refractivity contribution in [3.8, 4) is 0 Å². The van der Waals surface area contributed by atoms with Crippen molar-refractivity contribution >= 4 is 23.2 Å². The number of Topliss-reactive ketones (excluding diaryl/α,β-unsaturated/α-hetero) is 2. The number of allylic oxidation sites excluding steroid dienone is 1. The molecule has 0 spiro atoms. The second kappa shape index (κ2) is 4.68. The molecule has 0 radical (unpaired) electrons. The molecular formula is C14H13NO4. The van der Waals surface area contributed by atoms with Crippen LogP contribution in [0.3, 0.4) is 0 Å². The minimum absolute atomic E-state index is 0.0851. The number of amides is 1. The van der Waals surface area contributed by atoms with Crippen LogP contribution < -0.4 is 5.73 Å². The molecule has 1 aliphatic carbocycles. The Labute approximate surface area is 110 Å². The van der Waals surface area contributed by atoms with E-state index in [1.54, 1.807) is 25.1 Å². The summed E-state index contributed by atoms with van der Waals surface area (Å²) < 4.78 is 5.20. The maximum atomic E-state index is 12.1. The van der Waals surface area contributed by atoms with Crippen LogP contribution in [-0.4, -0.2) is 24.6 Å². The highest BCUT2D eigenvalue weighted by Crippen LogP contribution is 2.31. The van der Waals surface area contributed by atoms with Crippen molar-refractivity contribution in [3.63, 3.8) is 0 Å². The molecule has 1 aliphatic rings. The normalized spacial score (nSPS) is 14.4. The third-order valence-electron chi connectivity index (χ3n) is 3.08. The van der Waals surface area contributed by atoms with Gasteiger partial charge in [-0.3, -0.25) is 14.4 Å². The van der Waals surface area contributed by atoms with Gasteiger partial charge in [-0.15, -0.1) is 0 Å². The first-order valence-corrected chi connectivity index (χ1v) is 5.71. The lowest BCUT2D eigenvalue weighted by Gasteiger charge is -2.20. The Kier molecular flexibility index (Phi) is 3.21. The minimum atomic E-state index is -0.620. The van der Waals surface area contributed by atoms with Crippen LogP contribution in [0.1, 0.15) is 28.4 Å². The Morgan fingerprint density at radius 3 is 2.53 bits per heavy atom. The van der Waals surface area contributed by atoms with Crippen LogP contribution in [0.2, 0.25) is 0 Å². The predicted molar refractivity (Wildman–Crippen MR) is 68.3 cm³/mol. The summed E-state index contributed by atoms with van der Waals surface area (Å²) >= 11 is 0. The summed E-state index contributed by atoms with van der Waals surface area (Å²) in [6.45, 7) is 1.54. The third-order valence-corrected chi connectivity index (χ3v) is 3.08. The fraction of sp³-hybridized carbons (Fsp3) is 0.214. The number of hydrogen-bond donors (Lipinski definition) is 1. The van der Waals surface area contributed by atoms with Crippen molar-refractivity contribution < 1.29 is 19.1 Å². The van der Waals surface area contributed by atoms with Crippen LogP contribution >= 0.6 is 0 Å². The Morgan fingerprint density at radius 2 is 1.95 bits per heavy atom. The molecule has 0 saturated heterocycles. The molecule has 5 nitrogen and oxygen atoms in total. The number of ketones is 2. The highest BCUT2D eigenvalue weighted by Gasteiger charge is 2.33. The molecule has 2 N–H and O–H groups in total. The summed E-state index contributed by atoms with van der Waals surface area (Å²) in [6.07, 6.45) is -0.0851. The maximum Gasteiger partial charge on any atom is 0.234 e. The molecule has 0 aliphatic heterocycles. The number of primary amides is 1. The average Bonchev–Trinajstić information content (AvgIpc) is 2.36. The summed E-state index contributed by atoms with van der Waals surface area (Å²) in [6, 6.07) is 5.00. The summed E-state index contributed by atoms with van der Waals surface area (Å²) in [5.74, 6) is -1.42. The van der Waals surface area contributed by atoms with Gasteiger partial charge in [-0.2, -0.15) is 0 Å². The predicted octanol–water partition coefficient (Wildman–Crippen LogP) is 0.857. The number of ether oxygens (including phenoxy) is 1. The van der Waals surface area contributed by atoms with Gasteiger partial charge >= 0.3 is 0 Å². The number of carbonyl (C=O) groups is 3. The summed E-state index contributed by atoms with van der Waals surface area (Å²) in [5, 5.41) is 0. The van der Waals surface area contributed by atoms with Crippen LogP contribution in [0.4, 0.5) is 0 Å². The third kappa shape index (κ3) is 2.03. The van der Waals surface area contributed by atoms with E-state index in [-0.39, 0.29) is 17.6 Å². The fourth-order valence-corrected chi connectivity index (χ4v) is 2.24. The monoisotopic (exact) mass is 259 g/mol. The lowest BCUT2D eigenvalue weighted by atomic mass is 9.85. The van der Waals surface area contributed by atoms with E-state index >= 15 is 0 Å². The average molecular weight is 259 g/mol. The van der Waals surface area contributed by atoms with Crippen molar-refractivity contribution in [2.75, 3.05) is 7.11 Å².